The maximum atomic E-state index is 12.6. The van der Waals surface area contributed by atoms with Gasteiger partial charge in [-0.2, -0.15) is 10.1 Å². The highest BCUT2D eigenvalue weighted by molar-refractivity contribution is 5.90. The lowest BCUT2D eigenvalue weighted by Gasteiger charge is -2.06. The van der Waals surface area contributed by atoms with Gasteiger partial charge < -0.3 is 5.32 Å². The summed E-state index contributed by atoms with van der Waals surface area (Å²) in [6, 6.07) is 11.8. The molecule has 0 aliphatic rings. The van der Waals surface area contributed by atoms with Crippen LogP contribution in [-0.2, 0) is 6.54 Å². The lowest BCUT2D eigenvalue weighted by Crippen LogP contribution is -2.24. The van der Waals surface area contributed by atoms with E-state index in [2.05, 4.69) is 25.5 Å². The van der Waals surface area contributed by atoms with Gasteiger partial charge in [0.1, 0.15) is 0 Å². The molecule has 0 radical (unpaired) electrons. The second-order valence-corrected chi connectivity index (χ2v) is 6.77. The second-order valence-electron chi connectivity index (χ2n) is 6.77. The number of amides is 1. The van der Waals surface area contributed by atoms with Crippen LogP contribution in [0.5, 0.6) is 0 Å². The highest BCUT2D eigenvalue weighted by atomic mass is 16.2. The van der Waals surface area contributed by atoms with Gasteiger partial charge in [-0.1, -0.05) is 18.2 Å². The van der Waals surface area contributed by atoms with Crippen molar-refractivity contribution in [1.29, 1.82) is 0 Å². The Morgan fingerprint density at radius 2 is 1.79 bits per heavy atom. The molecule has 3 heterocycles. The highest BCUT2D eigenvalue weighted by Gasteiger charge is 2.17. The number of aryl methyl sites for hydroxylation is 3. The third-order valence-corrected chi connectivity index (χ3v) is 4.69. The molecule has 1 N–H and O–H groups in total. The van der Waals surface area contributed by atoms with E-state index in [9.17, 15) is 4.79 Å². The second kappa shape index (κ2) is 6.88. The molecule has 1 amide bonds. The van der Waals surface area contributed by atoms with E-state index < -0.39 is 0 Å². The Balaban J connectivity index is 1.56. The smallest absolute Gasteiger partial charge is 0.291 e. The Labute approximate surface area is 162 Å². The average molecular weight is 375 g/mol. The van der Waals surface area contributed by atoms with Crippen LogP contribution in [0, 0.1) is 27.7 Å². The third kappa shape index (κ3) is 3.13. The first-order chi connectivity index (χ1) is 13.4. The fraction of sp³-hybridized carbons (Fsp3) is 0.250. The van der Waals surface area contributed by atoms with E-state index >= 15 is 0 Å². The van der Waals surface area contributed by atoms with Crippen LogP contribution in [0.25, 0.3) is 11.5 Å². The zero-order chi connectivity index (χ0) is 19.8. The molecule has 142 valence electrons. The molecule has 0 fully saturated rings. The first-order valence-electron chi connectivity index (χ1n) is 9.04. The van der Waals surface area contributed by atoms with E-state index in [1.54, 1.807) is 4.52 Å². The monoisotopic (exact) mass is 375 g/mol. The van der Waals surface area contributed by atoms with E-state index in [0.717, 1.165) is 34.0 Å². The Morgan fingerprint density at radius 1 is 1.04 bits per heavy atom. The molecule has 28 heavy (non-hydrogen) atoms. The van der Waals surface area contributed by atoms with Gasteiger partial charge in [0.25, 0.3) is 11.7 Å². The summed E-state index contributed by atoms with van der Waals surface area (Å²) in [5.74, 6) is 0.188. The predicted octanol–water partition coefficient (Wildman–Crippen LogP) is 2.47. The maximum Gasteiger partial charge on any atom is 0.291 e. The fourth-order valence-corrected chi connectivity index (χ4v) is 3.26. The highest BCUT2D eigenvalue weighted by Crippen LogP contribution is 2.17. The molecule has 0 aliphatic heterocycles. The fourth-order valence-electron chi connectivity index (χ4n) is 3.26. The molecule has 4 rings (SSSR count). The standard InChI is InChI=1S/C20H21N7O/c1-12-10-13(2)26-20(22-12)23-18(25-26)19(28)21-11-17-14(3)24-27(15(17)4)16-8-6-5-7-9-16/h5-10H,11H2,1-4H3,(H,21,28). The van der Waals surface area contributed by atoms with Crippen molar-refractivity contribution in [3.8, 4) is 5.69 Å². The van der Waals surface area contributed by atoms with Crippen LogP contribution in [0.3, 0.4) is 0 Å². The number of carbonyl (C=O) groups is 1. The number of nitrogens with zero attached hydrogens (tertiary/aromatic N) is 6. The van der Waals surface area contributed by atoms with Crippen molar-refractivity contribution in [2.24, 2.45) is 0 Å². The van der Waals surface area contributed by atoms with Crippen molar-refractivity contribution in [3.05, 3.63) is 70.6 Å². The van der Waals surface area contributed by atoms with Gasteiger partial charge in [-0.15, -0.1) is 5.10 Å². The molecule has 0 spiro atoms. The number of nitrogens with one attached hydrogen (secondary N) is 1. The van der Waals surface area contributed by atoms with Crippen LogP contribution in [0.2, 0.25) is 0 Å². The van der Waals surface area contributed by atoms with E-state index in [4.69, 9.17) is 0 Å². The topological polar surface area (TPSA) is 90.0 Å². The molecule has 4 aromatic rings. The number of hydrogen-bond donors (Lipinski definition) is 1. The summed E-state index contributed by atoms with van der Waals surface area (Å²) in [6.45, 7) is 8.07. The van der Waals surface area contributed by atoms with E-state index in [0.29, 0.717) is 12.3 Å². The Kier molecular flexibility index (Phi) is 4.38. The van der Waals surface area contributed by atoms with E-state index in [-0.39, 0.29) is 11.7 Å². The number of hydrogen-bond acceptors (Lipinski definition) is 5. The van der Waals surface area contributed by atoms with Crippen molar-refractivity contribution in [2.45, 2.75) is 34.2 Å². The molecule has 1 aromatic carbocycles. The van der Waals surface area contributed by atoms with Crippen molar-refractivity contribution in [3.63, 3.8) is 0 Å². The molecule has 3 aromatic heterocycles. The molecule has 8 nitrogen and oxygen atoms in total. The van der Waals surface area contributed by atoms with Crippen molar-refractivity contribution in [1.82, 2.24) is 34.7 Å². The normalized spacial score (nSPS) is 11.1. The van der Waals surface area contributed by atoms with Crippen molar-refractivity contribution >= 4 is 11.7 Å². The first-order valence-corrected chi connectivity index (χ1v) is 9.04. The van der Waals surface area contributed by atoms with E-state index in [1.807, 2.05) is 68.8 Å². The van der Waals surface area contributed by atoms with Gasteiger partial charge in [0.15, 0.2) is 0 Å². The minimum absolute atomic E-state index is 0.104. The molecule has 0 saturated heterocycles. The Morgan fingerprint density at radius 3 is 2.54 bits per heavy atom. The largest absolute Gasteiger partial charge is 0.345 e. The minimum Gasteiger partial charge on any atom is -0.345 e. The number of para-hydroxylation sites is 1. The van der Waals surface area contributed by atoms with Gasteiger partial charge in [-0.25, -0.2) is 14.2 Å². The number of aromatic nitrogens is 6. The van der Waals surface area contributed by atoms with Gasteiger partial charge in [0.2, 0.25) is 5.82 Å². The molecular weight excluding hydrogens is 354 g/mol. The zero-order valence-corrected chi connectivity index (χ0v) is 16.3. The SMILES string of the molecule is Cc1cc(C)n2nc(C(=O)NCc3c(C)nn(-c4ccccc4)c3C)nc2n1. The molecule has 0 aliphatic carbocycles. The van der Waals surface area contributed by atoms with Crippen LogP contribution >= 0.6 is 0 Å². The molecule has 0 saturated carbocycles. The van der Waals surface area contributed by atoms with Crippen molar-refractivity contribution in [2.75, 3.05) is 0 Å². The van der Waals surface area contributed by atoms with E-state index in [1.165, 1.54) is 0 Å². The van der Waals surface area contributed by atoms with Crippen LogP contribution < -0.4 is 5.32 Å². The summed E-state index contributed by atoms with van der Waals surface area (Å²) in [5, 5.41) is 11.8. The van der Waals surface area contributed by atoms with Crippen LogP contribution in [0.4, 0.5) is 0 Å². The molecule has 0 bridgehead atoms. The Hall–Kier alpha value is -3.55. The lowest BCUT2D eigenvalue weighted by atomic mass is 10.2. The summed E-state index contributed by atoms with van der Waals surface area (Å²) < 4.78 is 3.46. The number of benzene rings is 1. The van der Waals surface area contributed by atoms with Crippen LogP contribution in [0.1, 0.15) is 39.0 Å². The summed E-state index contributed by atoms with van der Waals surface area (Å²) in [6.07, 6.45) is 0. The predicted molar refractivity (Wildman–Crippen MR) is 104 cm³/mol. The molecule has 0 unspecified atom stereocenters. The third-order valence-electron chi connectivity index (χ3n) is 4.69. The van der Waals surface area contributed by atoms with Gasteiger partial charge in [-0.05, 0) is 45.9 Å². The summed E-state index contributed by atoms with van der Waals surface area (Å²) in [5.41, 5.74) is 5.54. The maximum absolute atomic E-state index is 12.6. The summed E-state index contributed by atoms with van der Waals surface area (Å²) in [4.78, 5) is 21.1. The minimum atomic E-state index is -0.339. The summed E-state index contributed by atoms with van der Waals surface area (Å²) in [7, 11) is 0. The Bertz CT molecular complexity index is 1170. The molecule has 0 atom stereocenters. The summed E-state index contributed by atoms with van der Waals surface area (Å²) >= 11 is 0. The quantitative estimate of drug-likeness (QED) is 0.592. The molecular formula is C20H21N7O. The lowest BCUT2D eigenvalue weighted by molar-refractivity contribution is 0.0940. The number of carbonyl (C=O) groups excluding carboxylic acids is 1. The van der Waals surface area contributed by atoms with Gasteiger partial charge >= 0.3 is 0 Å². The zero-order valence-electron chi connectivity index (χ0n) is 16.3. The molecule has 8 heteroatoms. The first kappa shape index (κ1) is 17.8. The van der Waals surface area contributed by atoms with Gasteiger partial charge in [0, 0.05) is 29.2 Å². The number of fused-ring (bicyclic) bond motifs is 1. The van der Waals surface area contributed by atoms with Crippen LogP contribution in [0.15, 0.2) is 36.4 Å². The van der Waals surface area contributed by atoms with Crippen LogP contribution in [-0.4, -0.2) is 35.3 Å². The average Bonchev–Trinajstić information content (AvgIpc) is 3.22. The van der Waals surface area contributed by atoms with Crippen molar-refractivity contribution < 1.29 is 4.79 Å². The van der Waals surface area contributed by atoms with Gasteiger partial charge in [0.05, 0.1) is 11.4 Å². The van der Waals surface area contributed by atoms with Gasteiger partial charge in [-0.3, -0.25) is 4.79 Å². The number of rotatable bonds is 4.